The zero-order chi connectivity index (χ0) is 11.1. The van der Waals surface area contributed by atoms with Gasteiger partial charge in [-0.25, -0.2) is 4.39 Å². The van der Waals surface area contributed by atoms with Gasteiger partial charge in [0.15, 0.2) is 5.12 Å². The second-order valence-corrected chi connectivity index (χ2v) is 4.36. The molecular formula is C12H13FOS. The number of carbonyl (C=O) groups excluding carboxylic acids is 1. The van der Waals surface area contributed by atoms with Crippen LogP contribution in [0, 0.1) is 5.82 Å². The van der Waals surface area contributed by atoms with Gasteiger partial charge in [0.25, 0.3) is 0 Å². The van der Waals surface area contributed by atoms with Crippen molar-refractivity contribution >= 4 is 23.0 Å². The third-order valence-corrected chi connectivity index (χ3v) is 2.60. The van der Waals surface area contributed by atoms with E-state index in [4.69, 9.17) is 0 Å². The van der Waals surface area contributed by atoms with Crippen LogP contribution in [0.25, 0.3) is 6.08 Å². The molecule has 0 fully saturated rings. The Bertz CT molecular complexity index is 360. The van der Waals surface area contributed by atoms with Crippen LogP contribution in [-0.2, 0) is 4.79 Å². The van der Waals surface area contributed by atoms with Gasteiger partial charge in [0.2, 0.25) is 0 Å². The fourth-order valence-electron chi connectivity index (χ4n) is 1.10. The Kier molecular flexibility index (Phi) is 5.12. The first-order valence-electron chi connectivity index (χ1n) is 4.74. The lowest BCUT2D eigenvalue weighted by atomic mass is 10.2. The van der Waals surface area contributed by atoms with Crippen molar-refractivity contribution in [1.82, 2.24) is 0 Å². The van der Waals surface area contributed by atoms with E-state index in [1.165, 1.54) is 23.9 Å². The molecular weight excluding hydrogens is 211 g/mol. The smallest absolute Gasteiger partial charge is 0.185 e. The lowest BCUT2D eigenvalue weighted by Gasteiger charge is -1.94. The predicted molar refractivity (Wildman–Crippen MR) is 63.2 cm³/mol. The fraction of sp³-hybridized carbons (Fsp3) is 0.250. The van der Waals surface area contributed by atoms with Crippen molar-refractivity contribution in [1.29, 1.82) is 0 Å². The molecule has 3 heteroatoms. The highest BCUT2D eigenvalue weighted by Crippen LogP contribution is 2.08. The van der Waals surface area contributed by atoms with Gasteiger partial charge in [-0.15, -0.1) is 0 Å². The van der Waals surface area contributed by atoms with E-state index in [9.17, 15) is 9.18 Å². The Morgan fingerprint density at radius 2 is 2.33 bits per heavy atom. The molecule has 0 aliphatic heterocycles. The second kappa shape index (κ2) is 6.40. The minimum absolute atomic E-state index is 0.133. The summed E-state index contributed by atoms with van der Waals surface area (Å²) in [6.07, 6.45) is 4.63. The Balaban J connectivity index is 2.35. The number of hydrogen-bond acceptors (Lipinski definition) is 2. The molecule has 15 heavy (non-hydrogen) atoms. The zero-order valence-electron chi connectivity index (χ0n) is 8.57. The quantitative estimate of drug-likeness (QED) is 0.728. The second-order valence-electron chi connectivity index (χ2n) is 3.09. The van der Waals surface area contributed by atoms with E-state index in [-0.39, 0.29) is 10.9 Å². The first-order valence-corrected chi connectivity index (χ1v) is 5.72. The number of halogens is 1. The van der Waals surface area contributed by atoms with Crippen molar-refractivity contribution in [2.75, 3.05) is 5.75 Å². The monoisotopic (exact) mass is 224 g/mol. The average Bonchev–Trinajstić information content (AvgIpc) is 2.17. The Hall–Kier alpha value is -1.09. The molecule has 80 valence electrons. The largest absolute Gasteiger partial charge is 0.288 e. The summed E-state index contributed by atoms with van der Waals surface area (Å²) in [4.78, 5) is 10.6. The van der Waals surface area contributed by atoms with Crippen LogP contribution in [0.2, 0.25) is 0 Å². The summed E-state index contributed by atoms with van der Waals surface area (Å²) in [5, 5.41) is 0.133. The first kappa shape index (κ1) is 12.0. The highest BCUT2D eigenvalue weighted by Gasteiger charge is 1.92. The van der Waals surface area contributed by atoms with Crippen LogP contribution in [0.5, 0.6) is 0 Å². The van der Waals surface area contributed by atoms with Gasteiger partial charge in [-0.05, 0) is 24.1 Å². The summed E-state index contributed by atoms with van der Waals surface area (Å²) in [7, 11) is 0. The number of allylic oxidation sites excluding steroid dienone is 1. The van der Waals surface area contributed by atoms with Crippen molar-refractivity contribution in [2.45, 2.75) is 13.3 Å². The standard InChI is InChI=1S/C12H13FOS/c1-10(14)15-8-3-2-5-11-6-4-7-12(13)9-11/h2,4-7,9H,3,8H2,1H3. The Morgan fingerprint density at radius 3 is 3.00 bits per heavy atom. The van der Waals surface area contributed by atoms with E-state index in [2.05, 4.69) is 0 Å². The number of benzene rings is 1. The highest BCUT2D eigenvalue weighted by atomic mass is 32.2. The van der Waals surface area contributed by atoms with Gasteiger partial charge < -0.3 is 0 Å². The summed E-state index contributed by atoms with van der Waals surface area (Å²) < 4.78 is 12.8. The predicted octanol–water partition coefficient (Wildman–Crippen LogP) is 3.51. The van der Waals surface area contributed by atoms with Gasteiger partial charge in [0, 0.05) is 12.7 Å². The molecule has 0 aromatic heterocycles. The Morgan fingerprint density at radius 1 is 1.53 bits per heavy atom. The van der Waals surface area contributed by atoms with Crippen molar-refractivity contribution in [3.63, 3.8) is 0 Å². The normalized spacial score (nSPS) is 10.8. The third kappa shape index (κ3) is 5.37. The maximum absolute atomic E-state index is 12.8. The summed E-state index contributed by atoms with van der Waals surface area (Å²) >= 11 is 1.31. The first-order chi connectivity index (χ1) is 7.18. The van der Waals surface area contributed by atoms with Crippen LogP contribution in [0.15, 0.2) is 30.3 Å². The molecule has 1 nitrogen and oxygen atoms in total. The molecule has 0 aliphatic rings. The van der Waals surface area contributed by atoms with Gasteiger partial charge >= 0.3 is 0 Å². The van der Waals surface area contributed by atoms with E-state index in [1.807, 2.05) is 18.2 Å². The molecule has 0 saturated heterocycles. The van der Waals surface area contributed by atoms with Crippen LogP contribution in [0.4, 0.5) is 4.39 Å². The molecule has 0 atom stereocenters. The summed E-state index contributed by atoms with van der Waals surface area (Å²) in [6.45, 7) is 1.56. The maximum atomic E-state index is 12.8. The average molecular weight is 224 g/mol. The maximum Gasteiger partial charge on any atom is 0.185 e. The number of carbonyl (C=O) groups is 1. The van der Waals surface area contributed by atoms with Crippen molar-refractivity contribution in [3.8, 4) is 0 Å². The third-order valence-electron chi connectivity index (χ3n) is 1.75. The van der Waals surface area contributed by atoms with Crippen molar-refractivity contribution < 1.29 is 9.18 Å². The molecule has 1 aromatic rings. The van der Waals surface area contributed by atoms with Crippen LogP contribution in [0.3, 0.4) is 0 Å². The molecule has 0 saturated carbocycles. The minimum atomic E-state index is -0.227. The topological polar surface area (TPSA) is 17.1 Å². The van der Waals surface area contributed by atoms with E-state index in [1.54, 1.807) is 13.0 Å². The van der Waals surface area contributed by atoms with Crippen molar-refractivity contribution in [3.05, 3.63) is 41.7 Å². The van der Waals surface area contributed by atoms with E-state index < -0.39 is 0 Å². The SMILES string of the molecule is CC(=O)SCCC=Cc1cccc(F)c1. The van der Waals surface area contributed by atoms with Crippen LogP contribution in [-0.4, -0.2) is 10.9 Å². The van der Waals surface area contributed by atoms with Crippen molar-refractivity contribution in [2.24, 2.45) is 0 Å². The van der Waals surface area contributed by atoms with E-state index >= 15 is 0 Å². The van der Waals surface area contributed by atoms with E-state index in [0.29, 0.717) is 0 Å². The van der Waals surface area contributed by atoms with Gasteiger partial charge in [-0.3, -0.25) is 4.79 Å². The van der Waals surface area contributed by atoms with E-state index in [0.717, 1.165) is 17.7 Å². The molecule has 0 aliphatic carbocycles. The number of thioether (sulfide) groups is 1. The highest BCUT2D eigenvalue weighted by molar-refractivity contribution is 8.13. The molecule has 0 unspecified atom stereocenters. The van der Waals surface area contributed by atoms with Gasteiger partial charge in [0.1, 0.15) is 5.82 Å². The molecule has 0 bridgehead atoms. The van der Waals surface area contributed by atoms with Crippen LogP contribution < -0.4 is 0 Å². The lowest BCUT2D eigenvalue weighted by Crippen LogP contribution is -1.83. The molecule has 1 rings (SSSR count). The molecule has 0 radical (unpaired) electrons. The minimum Gasteiger partial charge on any atom is -0.288 e. The number of rotatable bonds is 4. The molecule has 0 amide bonds. The van der Waals surface area contributed by atoms with Crippen LogP contribution >= 0.6 is 11.8 Å². The summed E-state index contributed by atoms with van der Waals surface area (Å²) in [6, 6.07) is 6.43. The van der Waals surface area contributed by atoms with Gasteiger partial charge in [-0.1, -0.05) is 36.0 Å². The molecule has 0 spiro atoms. The Labute approximate surface area is 93.4 Å². The lowest BCUT2D eigenvalue weighted by molar-refractivity contribution is -0.109. The van der Waals surface area contributed by atoms with Gasteiger partial charge in [-0.2, -0.15) is 0 Å². The van der Waals surface area contributed by atoms with Crippen LogP contribution in [0.1, 0.15) is 18.9 Å². The molecule has 0 heterocycles. The summed E-state index contributed by atoms with van der Waals surface area (Å²) in [5.41, 5.74) is 0.850. The number of hydrogen-bond donors (Lipinski definition) is 0. The molecule has 1 aromatic carbocycles. The zero-order valence-corrected chi connectivity index (χ0v) is 9.39. The molecule has 0 N–H and O–H groups in total. The summed E-state index contributed by atoms with van der Waals surface area (Å²) in [5.74, 6) is 0.552. The van der Waals surface area contributed by atoms with Gasteiger partial charge in [0.05, 0.1) is 0 Å². The fourth-order valence-corrected chi connectivity index (χ4v) is 1.64.